The molecule has 3 N–H and O–H groups in total. The lowest BCUT2D eigenvalue weighted by Crippen LogP contribution is -2.35. The summed E-state index contributed by atoms with van der Waals surface area (Å²) in [7, 11) is 1.52. The first kappa shape index (κ1) is 13.3. The van der Waals surface area contributed by atoms with Gasteiger partial charge in [0.2, 0.25) is 0 Å². The molecule has 0 spiro atoms. The summed E-state index contributed by atoms with van der Waals surface area (Å²) in [5.74, 6) is -1.27. The second kappa shape index (κ2) is 5.54. The van der Waals surface area contributed by atoms with Crippen molar-refractivity contribution in [2.24, 2.45) is 5.73 Å². The van der Waals surface area contributed by atoms with Gasteiger partial charge in [0.05, 0.1) is 12.1 Å². The van der Waals surface area contributed by atoms with Gasteiger partial charge in [-0.2, -0.15) is 0 Å². The lowest BCUT2D eigenvalue weighted by Gasteiger charge is -2.10. The summed E-state index contributed by atoms with van der Waals surface area (Å²) in [6, 6.07) is 3.44. The van der Waals surface area contributed by atoms with Gasteiger partial charge in [-0.15, -0.1) is 0 Å². The average molecular weight is 257 g/mol. The van der Waals surface area contributed by atoms with Crippen molar-refractivity contribution in [2.75, 3.05) is 7.11 Å². The minimum absolute atomic E-state index is 0.192. The van der Waals surface area contributed by atoms with E-state index in [1.807, 2.05) is 6.92 Å². The molecule has 6 heteroatoms. The summed E-state index contributed by atoms with van der Waals surface area (Å²) in [5.41, 5.74) is 6.51. The first-order chi connectivity index (χ1) is 7.95. The fourth-order valence-electron chi connectivity index (χ4n) is 1.31. The minimum Gasteiger partial charge on any atom is -0.495 e. The molecule has 92 valence electrons. The van der Waals surface area contributed by atoms with Gasteiger partial charge in [0.1, 0.15) is 5.75 Å². The zero-order chi connectivity index (χ0) is 13.0. The molecule has 0 aliphatic heterocycles. The van der Waals surface area contributed by atoms with Crippen molar-refractivity contribution in [2.45, 2.75) is 13.5 Å². The van der Waals surface area contributed by atoms with Crippen LogP contribution in [0, 0.1) is 6.92 Å². The molecule has 2 amide bonds. The molecule has 0 radical (unpaired) electrons. The van der Waals surface area contributed by atoms with Crippen LogP contribution >= 0.6 is 11.6 Å². The van der Waals surface area contributed by atoms with Crippen molar-refractivity contribution in [3.8, 4) is 5.75 Å². The number of nitrogens with two attached hydrogens (primary N) is 1. The van der Waals surface area contributed by atoms with Crippen molar-refractivity contribution in [3.63, 3.8) is 0 Å². The summed E-state index contributed by atoms with van der Waals surface area (Å²) in [6.07, 6.45) is 0. The number of carbonyl (C=O) groups is 2. The van der Waals surface area contributed by atoms with Gasteiger partial charge in [-0.3, -0.25) is 9.59 Å². The number of halogens is 1. The predicted octanol–water partition coefficient (Wildman–Crippen LogP) is 0.759. The van der Waals surface area contributed by atoms with Crippen molar-refractivity contribution in [3.05, 3.63) is 28.3 Å². The molecule has 0 saturated carbocycles. The van der Waals surface area contributed by atoms with E-state index in [9.17, 15) is 9.59 Å². The number of nitrogens with one attached hydrogen (secondary N) is 1. The molecule has 0 bridgehead atoms. The number of benzene rings is 1. The van der Waals surface area contributed by atoms with Crippen LogP contribution in [0.25, 0.3) is 0 Å². The highest BCUT2D eigenvalue weighted by atomic mass is 35.5. The van der Waals surface area contributed by atoms with Gasteiger partial charge in [0.25, 0.3) is 0 Å². The predicted molar refractivity (Wildman–Crippen MR) is 63.8 cm³/mol. The summed E-state index contributed by atoms with van der Waals surface area (Å²) < 4.78 is 5.05. The summed E-state index contributed by atoms with van der Waals surface area (Å²) in [5, 5.41) is 2.84. The number of hydrogen-bond acceptors (Lipinski definition) is 3. The highest BCUT2D eigenvalue weighted by Crippen LogP contribution is 2.27. The van der Waals surface area contributed by atoms with Gasteiger partial charge in [-0.05, 0) is 30.2 Å². The van der Waals surface area contributed by atoms with E-state index in [0.717, 1.165) is 11.1 Å². The Morgan fingerprint density at radius 2 is 2.12 bits per heavy atom. The first-order valence-electron chi connectivity index (χ1n) is 4.86. The van der Waals surface area contributed by atoms with E-state index >= 15 is 0 Å². The topological polar surface area (TPSA) is 81.4 Å². The SMILES string of the molecule is COc1cc(C)c(CNC(=O)C(N)=O)cc1Cl. The Morgan fingerprint density at radius 3 is 2.65 bits per heavy atom. The third kappa shape index (κ3) is 3.35. The van der Waals surface area contributed by atoms with E-state index in [0.29, 0.717) is 10.8 Å². The molecule has 0 heterocycles. The maximum Gasteiger partial charge on any atom is 0.309 e. The third-order valence-corrected chi connectivity index (χ3v) is 2.57. The van der Waals surface area contributed by atoms with E-state index in [2.05, 4.69) is 5.32 Å². The van der Waals surface area contributed by atoms with E-state index < -0.39 is 11.8 Å². The van der Waals surface area contributed by atoms with Crippen LogP contribution in [0.2, 0.25) is 5.02 Å². The lowest BCUT2D eigenvalue weighted by atomic mass is 10.1. The molecule has 0 aliphatic carbocycles. The van der Waals surface area contributed by atoms with Crippen molar-refractivity contribution < 1.29 is 14.3 Å². The molecule has 17 heavy (non-hydrogen) atoms. The Balaban J connectivity index is 2.82. The molecule has 1 rings (SSSR count). The maximum absolute atomic E-state index is 11.0. The van der Waals surface area contributed by atoms with E-state index in [1.165, 1.54) is 7.11 Å². The largest absolute Gasteiger partial charge is 0.495 e. The summed E-state index contributed by atoms with van der Waals surface area (Å²) >= 11 is 5.95. The van der Waals surface area contributed by atoms with Crippen LogP contribution in [-0.4, -0.2) is 18.9 Å². The van der Waals surface area contributed by atoms with Crippen molar-refractivity contribution >= 4 is 23.4 Å². The van der Waals surface area contributed by atoms with Crippen LogP contribution in [0.1, 0.15) is 11.1 Å². The number of hydrogen-bond donors (Lipinski definition) is 2. The van der Waals surface area contributed by atoms with Crippen LogP contribution in [0.15, 0.2) is 12.1 Å². The van der Waals surface area contributed by atoms with Crippen LogP contribution in [0.5, 0.6) is 5.75 Å². The number of ether oxygens (including phenoxy) is 1. The molecular formula is C11H13ClN2O3. The second-order valence-corrected chi connectivity index (χ2v) is 3.87. The van der Waals surface area contributed by atoms with Gasteiger partial charge in [-0.25, -0.2) is 0 Å². The standard InChI is InChI=1S/C11H13ClN2O3/c1-6-3-9(17-2)8(12)4-7(6)5-14-11(16)10(13)15/h3-4H,5H2,1-2H3,(H2,13,15)(H,14,16). The zero-order valence-corrected chi connectivity index (χ0v) is 10.3. The number of amides is 2. The lowest BCUT2D eigenvalue weighted by molar-refractivity contribution is -0.137. The Morgan fingerprint density at radius 1 is 1.47 bits per heavy atom. The number of methoxy groups -OCH3 is 1. The monoisotopic (exact) mass is 256 g/mol. The smallest absolute Gasteiger partial charge is 0.309 e. The van der Waals surface area contributed by atoms with Gasteiger partial charge in [0.15, 0.2) is 0 Å². The Hall–Kier alpha value is -1.75. The molecule has 0 aliphatic rings. The van der Waals surface area contributed by atoms with E-state index in [4.69, 9.17) is 22.1 Å². The van der Waals surface area contributed by atoms with Gasteiger partial charge in [0, 0.05) is 6.54 Å². The quantitative estimate of drug-likeness (QED) is 0.784. The number of carbonyl (C=O) groups excluding carboxylic acids is 2. The number of rotatable bonds is 3. The number of primary amides is 1. The molecule has 0 saturated heterocycles. The van der Waals surface area contributed by atoms with Crippen LogP contribution in [0.4, 0.5) is 0 Å². The van der Waals surface area contributed by atoms with Crippen molar-refractivity contribution in [1.82, 2.24) is 5.32 Å². The number of aryl methyl sites for hydroxylation is 1. The molecule has 0 atom stereocenters. The summed E-state index contributed by atoms with van der Waals surface area (Å²) in [6.45, 7) is 2.04. The summed E-state index contributed by atoms with van der Waals surface area (Å²) in [4.78, 5) is 21.5. The van der Waals surface area contributed by atoms with Crippen LogP contribution in [-0.2, 0) is 16.1 Å². The molecule has 1 aromatic carbocycles. The molecule has 0 aromatic heterocycles. The minimum atomic E-state index is -1.01. The highest BCUT2D eigenvalue weighted by Gasteiger charge is 2.10. The Kier molecular flexibility index (Phi) is 4.34. The third-order valence-electron chi connectivity index (χ3n) is 2.27. The highest BCUT2D eigenvalue weighted by molar-refractivity contribution is 6.34. The zero-order valence-electron chi connectivity index (χ0n) is 9.54. The molecule has 5 nitrogen and oxygen atoms in total. The van der Waals surface area contributed by atoms with Crippen molar-refractivity contribution in [1.29, 1.82) is 0 Å². The van der Waals surface area contributed by atoms with E-state index in [1.54, 1.807) is 12.1 Å². The Labute approximate surface area is 104 Å². The molecule has 0 unspecified atom stereocenters. The van der Waals surface area contributed by atoms with E-state index in [-0.39, 0.29) is 6.54 Å². The fraction of sp³-hybridized carbons (Fsp3) is 0.273. The van der Waals surface area contributed by atoms with Crippen LogP contribution < -0.4 is 15.8 Å². The molecule has 1 aromatic rings. The average Bonchev–Trinajstić information content (AvgIpc) is 2.29. The Bertz CT molecular complexity index is 460. The normalized spacial score (nSPS) is 9.82. The maximum atomic E-state index is 11.0. The van der Waals surface area contributed by atoms with Gasteiger partial charge in [-0.1, -0.05) is 11.6 Å². The second-order valence-electron chi connectivity index (χ2n) is 3.46. The van der Waals surface area contributed by atoms with Gasteiger partial charge >= 0.3 is 11.8 Å². The molecule has 0 fully saturated rings. The molecular weight excluding hydrogens is 244 g/mol. The first-order valence-corrected chi connectivity index (χ1v) is 5.24. The van der Waals surface area contributed by atoms with Gasteiger partial charge < -0.3 is 15.8 Å². The van der Waals surface area contributed by atoms with Crippen LogP contribution in [0.3, 0.4) is 0 Å². The fourth-order valence-corrected chi connectivity index (χ4v) is 1.57.